The van der Waals surface area contributed by atoms with E-state index in [9.17, 15) is 9.59 Å². The molecule has 0 unspecified atom stereocenters. The van der Waals surface area contributed by atoms with Crippen LogP contribution < -0.4 is 15.8 Å². The van der Waals surface area contributed by atoms with Gasteiger partial charge < -0.3 is 19.7 Å². The molecular weight excluding hydrogens is 362 g/mol. The monoisotopic (exact) mass is 383 g/mol. The van der Waals surface area contributed by atoms with Gasteiger partial charge >= 0.3 is 0 Å². The Labute approximate surface area is 162 Å². The largest absolute Gasteiger partial charge is 0.378 e. The number of aromatic nitrogens is 2. The topological polar surface area (TPSA) is 109 Å². The van der Waals surface area contributed by atoms with Crippen molar-refractivity contribution in [2.45, 2.75) is 13.2 Å². The lowest BCUT2D eigenvalue weighted by atomic mass is 10.2. The summed E-state index contributed by atoms with van der Waals surface area (Å²) < 4.78 is 11.8. The fourth-order valence-corrected chi connectivity index (χ4v) is 2.93. The lowest BCUT2D eigenvalue weighted by molar-refractivity contribution is -0.116. The Balaban J connectivity index is 1.85. The van der Waals surface area contributed by atoms with Gasteiger partial charge in [-0.3, -0.25) is 14.2 Å². The normalized spacial score (nSPS) is 13.8. The molecule has 0 aliphatic carbocycles. The summed E-state index contributed by atoms with van der Waals surface area (Å²) >= 11 is 0. The van der Waals surface area contributed by atoms with Gasteiger partial charge in [-0.15, -0.1) is 0 Å². The molecule has 146 valence electrons. The summed E-state index contributed by atoms with van der Waals surface area (Å²) in [5.41, 5.74) is 1.11. The molecule has 9 heteroatoms. The maximum Gasteiger partial charge on any atom is 0.255 e. The Morgan fingerprint density at radius 1 is 1.36 bits per heavy atom. The average molecular weight is 383 g/mol. The summed E-state index contributed by atoms with van der Waals surface area (Å²) in [7, 11) is 1.53. The number of hydrogen-bond donors (Lipinski definition) is 1. The number of nitrogens with zero attached hydrogens (tertiary/aromatic N) is 4. The van der Waals surface area contributed by atoms with Gasteiger partial charge in [0.1, 0.15) is 6.54 Å². The van der Waals surface area contributed by atoms with Gasteiger partial charge in [0.25, 0.3) is 5.56 Å². The molecule has 1 amide bonds. The van der Waals surface area contributed by atoms with Crippen LogP contribution in [0.4, 0.5) is 11.6 Å². The molecule has 0 bridgehead atoms. The molecule has 1 fully saturated rings. The third kappa shape index (κ3) is 4.73. The van der Waals surface area contributed by atoms with E-state index >= 15 is 0 Å². The Morgan fingerprint density at radius 2 is 2.14 bits per heavy atom. The summed E-state index contributed by atoms with van der Waals surface area (Å²) in [6.07, 6.45) is 0. The Hall–Kier alpha value is -3.22. The van der Waals surface area contributed by atoms with Crippen LogP contribution in [0.1, 0.15) is 11.3 Å². The van der Waals surface area contributed by atoms with Crippen molar-refractivity contribution in [1.82, 2.24) is 9.55 Å². The van der Waals surface area contributed by atoms with Crippen molar-refractivity contribution >= 4 is 17.5 Å². The van der Waals surface area contributed by atoms with E-state index in [1.807, 2.05) is 11.0 Å². The van der Waals surface area contributed by atoms with Gasteiger partial charge in [0.05, 0.1) is 37.1 Å². The maximum atomic E-state index is 12.7. The van der Waals surface area contributed by atoms with Gasteiger partial charge in [0.2, 0.25) is 11.9 Å². The van der Waals surface area contributed by atoms with E-state index in [2.05, 4.69) is 10.3 Å². The molecule has 0 atom stereocenters. The molecule has 2 aromatic rings. The lowest BCUT2D eigenvalue weighted by Crippen LogP contribution is -2.42. The van der Waals surface area contributed by atoms with Gasteiger partial charge in [-0.2, -0.15) is 5.26 Å². The zero-order valence-corrected chi connectivity index (χ0v) is 15.6. The van der Waals surface area contributed by atoms with E-state index in [1.165, 1.54) is 17.7 Å². The molecule has 28 heavy (non-hydrogen) atoms. The van der Waals surface area contributed by atoms with Crippen LogP contribution in [-0.4, -0.2) is 48.9 Å². The minimum absolute atomic E-state index is 0.192. The molecule has 2 heterocycles. The Morgan fingerprint density at radius 3 is 2.86 bits per heavy atom. The van der Waals surface area contributed by atoms with Crippen LogP contribution >= 0.6 is 0 Å². The fourth-order valence-electron chi connectivity index (χ4n) is 2.93. The summed E-state index contributed by atoms with van der Waals surface area (Å²) in [5.74, 6) is 0.0387. The Bertz CT molecular complexity index is 944. The van der Waals surface area contributed by atoms with E-state index in [1.54, 1.807) is 24.3 Å². The van der Waals surface area contributed by atoms with Crippen LogP contribution in [-0.2, 0) is 27.4 Å². The summed E-state index contributed by atoms with van der Waals surface area (Å²) in [6.45, 7) is 2.22. The molecule has 1 aromatic heterocycles. The van der Waals surface area contributed by atoms with Crippen LogP contribution in [0.2, 0.25) is 0 Å². The quantitative estimate of drug-likeness (QED) is 0.783. The number of morpholine rings is 1. The highest BCUT2D eigenvalue weighted by atomic mass is 16.5. The van der Waals surface area contributed by atoms with Gasteiger partial charge in [-0.25, -0.2) is 4.98 Å². The molecule has 0 saturated carbocycles. The zero-order chi connectivity index (χ0) is 19.9. The molecule has 1 aromatic carbocycles. The number of amides is 1. The summed E-state index contributed by atoms with van der Waals surface area (Å²) in [4.78, 5) is 31.6. The number of nitrogens with one attached hydrogen (secondary N) is 1. The number of methoxy groups -OCH3 is 1. The minimum Gasteiger partial charge on any atom is -0.378 e. The van der Waals surface area contributed by atoms with Gasteiger partial charge in [-0.05, 0) is 18.2 Å². The highest BCUT2D eigenvalue weighted by Gasteiger charge is 2.20. The molecule has 3 rings (SSSR count). The number of anilines is 2. The predicted molar refractivity (Wildman–Crippen MR) is 102 cm³/mol. The fraction of sp³-hybridized carbons (Fsp3) is 0.368. The highest BCUT2D eigenvalue weighted by Crippen LogP contribution is 2.14. The van der Waals surface area contributed by atoms with E-state index in [0.717, 1.165) is 0 Å². The molecule has 1 aliphatic heterocycles. The number of carbonyl (C=O) groups excluding carboxylic acids is 1. The standard InChI is InChI=1S/C19H21N5O4/c1-27-13-16-10-18(26)24(19(22-16)23-5-7-28-8-6-23)12-17(25)21-15-4-2-3-14(9-15)11-20/h2-4,9-10H,5-8,12-13H2,1H3,(H,21,25). The van der Waals surface area contributed by atoms with Gasteiger partial charge in [-0.1, -0.05) is 6.07 Å². The molecule has 9 nitrogen and oxygen atoms in total. The molecule has 0 spiro atoms. The summed E-state index contributed by atoms with van der Waals surface area (Å²) in [6, 6.07) is 9.98. The predicted octanol–water partition coefficient (Wildman–Crippen LogP) is 0.737. The first kappa shape index (κ1) is 19.5. The van der Waals surface area contributed by atoms with Crippen molar-refractivity contribution in [3.05, 3.63) is 51.9 Å². The number of ether oxygens (including phenoxy) is 2. The van der Waals surface area contributed by atoms with Crippen molar-refractivity contribution in [2.75, 3.05) is 43.6 Å². The maximum absolute atomic E-state index is 12.7. The number of nitriles is 1. The molecule has 1 aliphatic rings. The molecular formula is C19H21N5O4. The molecule has 1 saturated heterocycles. The molecule has 0 radical (unpaired) electrons. The number of benzene rings is 1. The first-order chi connectivity index (χ1) is 13.6. The van der Waals surface area contributed by atoms with Crippen LogP contribution in [0.15, 0.2) is 35.1 Å². The van der Waals surface area contributed by atoms with Crippen molar-refractivity contribution < 1.29 is 14.3 Å². The first-order valence-electron chi connectivity index (χ1n) is 8.83. The second-order valence-electron chi connectivity index (χ2n) is 6.25. The van der Waals surface area contributed by atoms with Crippen molar-refractivity contribution in [3.63, 3.8) is 0 Å². The van der Waals surface area contributed by atoms with Crippen LogP contribution in [0, 0.1) is 11.3 Å². The van der Waals surface area contributed by atoms with E-state index in [-0.39, 0.29) is 24.6 Å². The van der Waals surface area contributed by atoms with Crippen LogP contribution in [0.25, 0.3) is 0 Å². The smallest absolute Gasteiger partial charge is 0.255 e. The molecule has 1 N–H and O–H groups in total. The lowest BCUT2D eigenvalue weighted by Gasteiger charge is -2.29. The number of hydrogen-bond acceptors (Lipinski definition) is 7. The van der Waals surface area contributed by atoms with Crippen molar-refractivity contribution in [3.8, 4) is 6.07 Å². The van der Waals surface area contributed by atoms with Crippen molar-refractivity contribution in [1.29, 1.82) is 5.26 Å². The van der Waals surface area contributed by atoms with Crippen LogP contribution in [0.5, 0.6) is 0 Å². The Kier molecular flexibility index (Phi) is 6.37. The van der Waals surface area contributed by atoms with E-state index in [0.29, 0.717) is 49.2 Å². The van der Waals surface area contributed by atoms with Gasteiger partial charge in [0, 0.05) is 32.0 Å². The zero-order valence-electron chi connectivity index (χ0n) is 15.6. The van der Waals surface area contributed by atoms with Gasteiger partial charge in [0.15, 0.2) is 0 Å². The van der Waals surface area contributed by atoms with Crippen molar-refractivity contribution in [2.24, 2.45) is 0 Å². The van der Waals surface area contributed by atoms with E-state index in [4.69, 9.17) is 14.7 Å². The first-order valence-corrected chi connectivity index (χ1v) is 8.83. The third-order valence-electron chi connectivity index (χ3n) is 4.20. The number of rotatable bonds is 6. The summed E-state index contributed by atoms with van der Waals surface area (Å²) in [5, 5.41) is 11.7. The highest BCUT2D eigenvalue weighted by molar-refractivity contribution is 5.90. The second-order valence-corrected chi connectivity index (χ2v) is 6.25. The van der Waals surface area contributed by atoms with Crippen LogP contribution in [0.3, 0.4) is 0 Å². The third-order valence-corrected chi connectivity index (χ3v) is 4.20. The average Bonchev–Trinajstić information content (AvgIpc) is 2.71. The number of carbonyl (C=O) groups is 1. The van der Waals surface area contributed by atoms with E-state index < -0.39 is 0 Å². The second kappa shape index (κ2) is 9.12. The SMILES string of the molecule is COCc1cc(=O)n(CC(=O)Nc2cccc(C#N)c2)c(N2CCOCC2)n1. The minimum atomic E-state index is -0.381.